The molecule has 29 heavy (non-hydrogen) atoms. The molecule has 0 spiro atoms. The van der Waals surface area contributed by atoms with E-state index in [2.05, 4.69) is 25.6 Å². The third-order valence-electron chi connectivity index (χ3n) is 3.95. The Bertz CT molecular complexity index is 1090. The Kier molecular flexibility index (Phi) is 6.09. The van der Waals surface area contributed by atoms with Crippen LogP contribution in [0, 0.1) is 0 Å². The highest BCUT2D eigenvalue weighted by Crippen LogP contribution is 2.23. The van der Waals surface area contributed by atoms with Gasteiger partial charge < -0.3 is 10.6 Å². The van der Waals surface area contributed by atoms with E-state index in [4.69, 9.17) is 0 Å². The second-order valence-electron chi connectivity index (χ2n) is 6.91. The zero-order valence-electron chi connectivity index (χ0n) is 16.8. The lowest BCUT2D eigenvalue weighted by Gasteiger charge is -2.14. The van der Waals surface area contributed by atoms with Crippen molar-refractivity contribution >= 4 is 27.6 Å². The smallest absolute Gasteiger partial charge is 0.242 e. The van der Waals surface area contributed by atoms with Gasteiger partial charge in [-0.2, -0.15) is 15.0 Å². The molecule has 3 rings (SSSR count). The van der Waals surface area contributed by atoms with Crippen LogP contribution < -0.4 is 10.6 Å². The number of sulfonamides is 1. The molecule has 0 unspecified atom stereocenters. The van der Waals surface area contributed by atoms with Crippen molar-refractivity contribution in [3.63, 3.8) is 0 Å². The minimum Gasteiger partial charge on any atom is -0.352 e. The molecule has 0 saturated heterocycles. The Labute approximate surface area is 171 Å². The average molecular weight is 413 g/mol. The van der Waals surface area contributed by atoms with Crippen LogP contribution in [0.4, 0.5) is 17.6 Å². The fourth-order valence-electron chi connectivity index (χ4n) is 2.55. The highest BCUT2D eigenvalue weighted by molar-refractivity contribution is 7.89. The fraction of sp³-hybridized carbons (Fsp3) is 0.250. The second-order valence-corrected chi connectivity index (χ2v) is 9.06. The zero-order valence-corrected chi connectivity index (χ0v) is 17.6. The van der Waals surface area contributed by atoms with E-state index in [1.807, 2.05) is 44.2 Å². The lowest BCUT2D eigenvalue weighted by Crippen LogP contribution is -2.22. The summed E-state index contributed by atoms with van der Waals surface area (Å²) in [4.78, 5) is 13.6. The van der Waals surface area contributed by atoms with Crippen LogP contribution in [0.25, 0.3) is 11.4 Å². The van der Waals surface area contributed by atoms with Gasteiger partial charge in [-0.05, 0) is 32.0 Å². The molecule has 0 atom stereocenters. The third-order valence-corrected chi connectivity index (χ3v) is 5.77. The van der Waals surface area contributed by atoms with Gasteiger partial charge in [-0.15, -0.1) is 0 Å². The molecule has 2 N–H and O–H groups in total. The molecule has 0 bridgehead atoms. The molecule has 1 heterocycles. The van der Waals surface area contributed by atoms with Gasteiger partial charge in [0.25, 0.3) is 0 Å². The van der Waals surface area contributed by atoms with Crippen molar-refractivity contribution in [2.75, 3.05) is 24.7 Å². The topological polar surface area (TPSA) is 100 Å². The Morgan fingerprint density at radius 2 is 1.59 bits per heavy atom. The standard InChI is InChI=1S/C20H24N6O2S/c1-14(2)21-19-23-18(15-9-6-5-7-10-15)24-20(25-19)22-16-11-8-12-17(13-16)29(27,28)26(3)4/h5-14H,1-4H3,(H2,21,22,23,24,25). The fourth-order valence-corrected chi connectivity index (χ4v) is 3.49. The maximum Gasteiger partial charge on any atom is 0.242 e. The summed E-state index contributed by atoms with van der Waals surface area (Å²) in [6, 6.07) is 16.3. The Balaban J connectivity index is 1.99. The molecule has 8 nitrogen and oxygen atoms in total. The van der Waals surface area contributed by atoms with E-state index in [9.17, 15) is 8.42 Å². The Hall–Kier alpha value is -3.04. The first-order valence-electron chi connectivity index (χ1n) is 9.13. The van der Waals surface area contributed by atoms with Gasteiger partial charge in [0.05, 0.1) is 4.90 Å². The molecule has 2 aromatic carbocycles. The number of hydrogen-bond donors (Lipinski definition) is 2. The van der Waals surface area contributed by atoms with E-state index in [1.165, 1.54) is 18.4 Å². The quantitative estimate of drug-likeness (QED) is 0.614. The van der Waals surface area contributed by atoms with Gasteiger partial charge in [-0.3, -0.25) is 0 Å². The molecule has 152 valence electrons. The summed E-state index contributed by atoms with van der Waals surface area (Å²) in [5.74, 6) is 1.28. The van der Waals surface area contributed by atoms with E-state index in [1.54, 1.807) is 24.3 Å². The van der Waals surface area contributed by atoms with E-state index in [0.717, 1.165) is 5.56 Å². The number of aromatic nitrogens is 3. The van der Waals surface area contributed by atoms with Crippen LogP contribution in [0.1, 0.15) is 13.8 Å². The van der Waals surface area contributed by atoms with E-state index < -0.39 is 10.0 Å². The number of benzene rings is 2. The molecule has 0 saturated carbocycles. The van der Waals surface area contributed by atoms with Crippen molar-refractivity contribution in [1.29, 1.82) is 0 Å². The molecule has 0 radical (unpaired) electrons. The Morgan fingerprint density at radius 1 is 0.897 bits per heavy atom. The number of rotatable bonds is 7. The predicted octanol–water partition coefficient (Wildman–Crippen LogP) is 3.35. The van der Waals surface area contributed by atoms with Crippen molar-refractivity contribution in [3.8, 4) is 11.4 Å². The first-order chi connectivity index (χ1) is 13.8. The van der Waals surface area contributed by atoms with Gasteiger partial charge in [0.1, 0.15) is 0 Å². The molecular weight excluding hydrogens is 388 g/mol. The van der Waals surface area contributed by atoms with Crippen LogP contribution in [0.2, 0.25) is 0 Å². The van der Waals surface area contributed by atoms with Crippen molar-refractivity contribution < 1.29 is 8.42 Å². The molecule has 9 heteroatoms. The Morgan fingerprint density at radius 3 is 2.24 bits per heavy atom. The molecule has 0 fully saturated rings. The summed E-state index contributed by atoms with van der Waals surface area (Å²) in [5.41, 5.74) is 1.42. The predicted molar refractivity (Wildman–Crippen MR) is 115 cm³/mol. The number of anilines is 3. The summed E-state index contributed by atoms with van der Waals surface area (Å²) >= 11 is 0. The SMILES string of the molecule is CC(C)Nc1nc(Nc2cccc(S(=O)(=O)N(C)C)c2)nc(-c2ccccc2)n1. The van der Waals surface area contributed by atoms with Gasteiger partial charge in [0, 0.05) is 31.4 Å². The monoisotopic (exact) mass is 412 g/mol. The minimum absolute atomic E-state index is 0.141. The van der Waals surface area contributed by atoms with Gasteiger partial charge in [-0.1, -0.05) is 36.4 Å². The summed E-state index contributed by atoms with van der Waals surface area (Å²) in [6.45, 7) is 3.99. The summed E-state index contributed by atoms with van der Waals surface area (Å²) in [7, 11) is -0.544. The van der Waals surface area contributed by atoms with Crippen molar-refractivity contribution in [3.05, 3.63) is 54.6 Å². The summed E-state index contributed by atoms with van der Waals surface area (Å²) < 4.78 is 26.0. The molecule has 0 aliphatic heterocycles. The van der Waals surface area contributed by atoms with Crippen LogP contribution in [-0.4, -0.2) is 47.8 Å². The lowest BCUT2D eigenvalue weighted by molar-refractivity contribution is 0.521. The maximum atomic E-state index is 12.4. The largest absolute Gasteiger partial charge is 0.352 e. The van der Waals surface area contributed by atoms with Gasteiger partial charge >= 0.3 is 0 Å². The molecule has 3 aromatic rings. The van der Waals surface area contributed by atoms with Crippen LogP contribution in [0.15, 0.2) is 59.5 Å². The van der Waals surface area contributed by atoms with Crippen LogP contribution in [0.3, 0.4) is 0 Å². The van der Waals surface area contributed by atoms with Crippen LogP contribution >= 0.6 is 0 Å². The number of nitrogens with zero attached hydrogens (tertiary/aromatic N) is 4. The summed E-state index contributed by atoms with van der Waals surface area (Å²) in [6.07, 6.45) is 0. The van der Waals surface area contributed by atoms with Crippen molar-refractivity contribution in [2.45, 2.75) is 24.8 Å². The van der Waals surface area contributed by atoms with Gasteiger partial charge in [-0.25, -0.2) is 12.7 Å². The van der Waals surface area contributed by atoms with Crippen LogP contribution in [0.5, 0.6) is 0 Å². The molecule has 0 aliphatic carbocycles. The summed E-state index contributed by atoms with van der Waals surface area (Å²) in [5, 5.41) is 6.28. The molecule has 0 amide bonds. The van der Waals surface area contributed by atoms with E-state index in [0.29, 0.717) is 23.4 Å². The van der Waals surface area contributed by atoms with Gasteiger partial charge in [0.2, 0.25) is 21.9 Å². The van der Waals surface area contributed by atoms with E-state index in [-0.39, 0.29) is 10.9 Å². The lowest BCUT2D eigenvalue weighted by atomic mass is 10.2. The highest BCUT2D eigenvalue weighted by atomic mass is 32.2. The van der Waals surface area contributed by atoms with Crippen LogP contribution in [-0.2, 0) is 10.0 Å². The molecular formula is C20H24N6O2S. The molecule has 1 aromatic heterocycles. The zero-order chi connectivity index (χ0) is 21.0. The molecule has 0 aliphatic rings. The number of hydrogen-bond acceptors (Lipinski definition) is 7. The first-order valence-corrected chi connectivity index (χ1v) is 10.6. The maximum absolute atomic E-state index is 12.4. The van der Waals surface area contributed by atoms with Crippen molar-refractivity contribution in [2.24, 2.45) is 0 Å². The third kappa shape index (κ3) is 5.07. The highest BCUT2D eigenvalue weighted by Gasteiger charge is 2.17. The second kappa shape index (κ2) is 8.54. The normalized spacial score (nSPS) is 11.7. The van der Waals surface area contributed by atoms with E-state index >= 15 is 0 Å². The number of nitrogens with one attached hydrogen (secondary N) is 2. The first kappa shape index (κ1) is 20.7. The van der Waals surface area contributed by atoms with Gasteiger partial charge in [0.15, 0.2) is 5.82 Å². The minimum atomic E-state index is -3.54. The average Bonchev–Trinajstić information content (AvgIpc) is 2.68. The van der Waals surface area contributed by atoms with Crippen molar-refractivity contribution in [1.82, 2.24) is 19.3 Å².